The van der Waals surface area contributed by atoms with Gasteiger partial charge in [0.15, 0.2) is 0 Å². The molecule has 3 heteroatoms. The summed E-state index contributed by atoms with van der Waals surface area (Å²) < 4.78 is 0. The molecular weight excluding hydrogens is 352 g/mol. The molecule has 0 saturated heterocycles. The standard InChI is InChI=1S/C10H19Si.2C5H10.ClH.Ti/c1-5-6-7-8-9-10-11(2,3)4;2*1-2-4-5-3-1;;/h1,5-8H2,2-4H3;2*1-5H2;1H;/q-1;;;;+2/p-1. The van der Waals surface area contributed by atoms with Crippen molar-refractivity contribution in [2.24, 2.45) is 0 Å². The van der Waals surface area contributed by atoms with Gasteiger partial charge in [0.1, 0.15) is 8.07 Å². The summed E-state index contributed by atoms with van der Waals surface area (Å²) in [5, 5.41) is 0. The van der Waals surface area contributed by atoms with Gasteiger partial charge in [-0.15, -0.1) is 11.5 Å². The van der Waals surface area contributed by atoms with E-state index in [9.17, 15) is 0 Å². The number of unbranched alkanes of at least 4 members (excludes halogenated alkanes) is 3. The normalized spacial score (nSPS) is 15.7. The summed E-state index contributed by atoms with van der Waals surface area (Å²) >= 11 is 1.47. The Morgan fingerprint density at radius 1 is 0.783 bits per heavy atom. The molecule has 0 N–H and O–H groups in total. The molecule has 0 bridgehead atoms. The molecule has 0 aromatic heterocycles. The summed E-state index contributed by atoms with van der Waals surface area (Å²) in [7, 11) is 3.54. The maximum absolute atomic E-state index is 4.64. The van der Waals surface area contributed by atoms with Gasteiger partial charge < -0.3 is 6.92 Å². The summed E-state index contributed by atoms with van der Waals surface area (Å²) in [5.74, 6) is 3.24. The van der Waals surface area contributed by atoms with E-state index < -0.39 is 8.07 Å². The number of halogens is 1. The molecule has 134 valence electrons. The molecule has 2 rings (SSSR count). The quantitative estimate of drug-likeness (QED) is 0.199. The zero-order valence-corrected chi connectivity index (χ0v) is 19.3. The predicted octanol–water partition coefficient (Wildman–Crippen LogP) is 7.85. The summed E-state index contributed by atoms with van der Waals surface area (Å²) in [6.45, 7) is 10.6. The van der Waals surface area contributed by atoms with Crippen LogP contribution < -0.4 is 0 Å². The first-order valence-electron chi connectivity index (χ1n) is 9.54. The van der Waals surface area contributed by atoms with E-state index in [0.29, 0.717) is 0 Å². The number of hydrogen-bond acceptors (Lipinski definition) is 0. The Bertz CT molecular complexity index is 242. The van der Waals surface area contributed by atoms with Crippen LogP contribution in [0.4, 0.5) is 0 Å². The topological polar surface area (TPSA) is 0 Å². The van der Waals surface area contributed by atoms with Gasteiger partial charge in [0, 0.05) is 6.42 Å². The van der Waals surface area contributed by atoms with Gasteiger partial charge >= 0.3 is 28.7 Å². The van der Waals surface area contributed by atoms with Crippen molar-refractivity contribution < 1.29 is 19.4 Å². The van der Waals surface area contributed by atoms with Gasteiger partial charge in [-0.05, 0) is 6.42 Å². The third kappa shape index (κ3) is 27.9. The Morgan fingerprint density at radius 2 is 1.13 bits per heavy atom. The van der Waals surface area contributed by atoms with Gasteiger partial charge in [0.25, 0.3) is 0 Å². The molecule has 0 aromatic rings. The number of rotatable bonds is 3. The molecule has 0 aliphatic heterocycles. The molecule has 2 aliphatic rings. The van der Waals surface area contributed by atoms with Crippen LogP contribution in [0.3, 0.4) is 0 Å². The van der Waals surface area contributed by atoms with Crippen LogP contribution in [-0.4, -0.2) is 8.07 Å². The maximum atomic E-state index is 4.64. The molecule has 2 aliphatic carbocycles. The average molecular weight is 391 g/mol. The molecule has 2 fully saturated rings. The molecule has 0 nitrogen and oxygen atoms in total. The molecule has 0 spiro atoms. The predicted molar refractivity (Wildman–Crippen MR) is 107 cm³/mol. The van der Waals surface area contributed by atoms with Crippen molar-refractivity contribution in [3.63, 3.8) is 0 Å². The zero-order valence-electron chi connectivity index (χ0n) is 16.0. The molecule has 0 heterocycles. The van der Waals surface area contributed by atoms with Crippen LogP contribution in [0.5, 0.6) is 0 Å². The average Bonchev–Trinajstić information content (AvgIpc) is 3.26. The van der Waals surface area contributed by atoms with Crippen molar-refractivity contribution in [1.29, 1.82) is 0 Å². The monoisotopic (exact) mass is 390 g/mol. The van der Waals surface area contributed by atoms with Crippen LogP contribution in [0, 0.1) is 18.4 Å². The van der Waals surface area contributed by atoms with Crippen molar-refractivity contribution in [3.8, 4) is 11.5 Å². The molecule has 0 atom stereocenters. The van der Waals surface area contributed by atoms with E-state index in [1.807, 2.05) is 0 Å². The molecule has 23 heavy (non-hydrogen) atoms. The minimum atomic E-state index is -1.09. The molecule has 0 unspecified atom stereocenters. The molecule has 2 saturated carbocycles. The fraction of sp³-hybridized carbons (Fsp3) is 0.850. The molecular formula is C20H39ClSiTi. The first-order chi connectivity index (χ1) is 11.1. The summed E-state index contributed by atoms with van der Waals surface area (Å²) in [6, 6.07) is 0. The summed E-state index contributed by atoms with van der Waals surface area (Å²) in [5.41, 5.74) is 3.35. The third-order valence-electron chi connectivity index (χ3n) is 3.77. The molecule has 0 amide bonds. The van der Waals surface area contributed by atoms with E-state index in [1.54, 1.807) is 0 Å². The fourth-order valence-electron chi connectivity index (χ4n) is 2.49. The van der Waals surface area contributed by atoms with E-state index >= 15 is 0 Å². The van der Waals surface area contributed by atoms with Crippen LogP contribution >= 0.6 is 9.30 Å². The van der Waals surface area contributed by atoms with Gasteiger partial charge in [0.2, 0.25) is 0 Å². The van der Waals surface area contributed by atoms with E-state index in [-0.39, 0.29) is 0 Å². The Hall–Kier alpha value is 0.781. The Kier molecular flexibility index (Phi) is 23.6. The number of hydrogen-bond donors (Lipinski definition) is 0. The second-order valence-corrected chi connectivity index (χ2v) is 12.1. The van der Waals surface area contributed by atoms with E-state index in [1.165, 1.54) is 96.4 Å². The first-order valence-corrected chi connectivity index (χ1v) is 15.2. The van der Waals surface area contributed by atoms with Crippen molar-refractivity contribution in [1.82, 2.24) is 0 Å². The van der Waals surface area contributed by atoms with Crippen molar-refractivity contribution in [2.75, 3.05) is 0 Å². The van der Waals surface area contributed by atoms with E-state index in [0.717, 1.165) is 12.8 Å². The SMILES string of the molecule is C1CCCC1.C1CCCC1.[CH2-]CCCCC#C[Si](C)(C)C.[Cl][Ti+]. The van der Waals surface area contributed by atoms with Crippen LogP contribution in [0.15, 0.2) is 0 Å². The van der Waals surface area contributed by atoms with Crippen LogP contribution in [0.1, 0.15) is 89.9 Å². The first kappa shape index (κ1) is 26.0. The fourth-order valence-corrected chi connectivity index (χ4v) is 3.14. The molecule has 0 aromatic carbocycles. The minimum absolute atomic E-state index is 1.05. The third-order valence-corrected chi connectivity index (χ3v) is 4.69. The van der Waals surface area contributed by atoms with Crippen LogP contribution in [-0.2, 0) is 19.4 Å². The van der Waals surface area contributed by atoms with Crippen molar-refractivity contribution >= 4 is 17.4 Å². The Morgan fingerprint density at radius 3 is 1.39 bits per heavy atom. The zero-order chi connectivity index (χ0) is 17.8. The second-order valence-electron chi connectivity index (χ2n) is 7.40. The van der Waals surface area contributed by atoms with Crippen LogP contribution in [0.2, 0.25) is 19.6 Å². The summed E-state index contributed by atoms with van der Waals surface area (Å²) in [4.78, 5) is 0. The van der Waals surface area contributed by atoms with Gasteiger partial charge in [-0.3, -0.25) is 0 Å². The summed E-state index contributed by atoms with van der Waals surface area (Å²) in [6.07, 6.45) is 19.6. The van der Waals surface area contributed by atoms with Gasteiger partial charge in [-0.2, -0.15) is 6.42 Å². The van der Waals surface area contributed by atoms with E-state index in [2.05, 4.69) is 47.3 Å². The van der Waals surface area contributed by atoms with Crippen LogP contribution in [0.25, 0.3) is 0 Å². The Balaban J connectivity index is 0. The van der Waals surface area contributed by atoms with Gasteiger partial charge in [0.05, 0.1) is 0 Å². The second kappa shape index (κ2) is 20.8. The van der Waals surface area contributed by atoms with E-state index in [4.69, 9.17) is 0 Å². The Labute approximate surface area is 164 Å². The van der Waals surface area contributed by atoms with Gasteiger partial charge in [-0.25, -0.2) is 0 Å². The van der Waals surface area contributed by atoms with Gasteiger partial charge in [-0.1, -0.05) is 90.3 Å². The molecule has 0 radical (unpaired) electrons. The van der Waals surface area contributed by atoms with Crippen molar-refractivity contribution in [2.45, 2.75) is 110 Å². The van der Waals surface area contributed by atoms with Crippen molar-refractivity contribution in [3.05, 3.63) is 6.92 Å².